The van der Waals surface area contributed by atoms with E-state index in [0.717, 1.165) is 33.6 Å². The molecule has 0 aliphatic rings. The van der Waals surface area contributed by atoms with Crippen molar-refractivity contribution in [3.05, 3.63) is 65.9 Å². The molecule has 3 aromatic rings. The van der Waals surface area contributed by atoms with Crippen LogP contribution in [0.25, 0.3) is 22.3 Å². The Bertz CT molecular complexity index is 928. The van der Waals surface area contributed by atoms with Crippen LogP contribution in [0.4, 0.5) is 5.82 Å². The van der Waals surface area contributed by atoms with E-state index in [2.05, 4.69) is 11.1 Å². The van der Waals surface area contributed by atoms with E-state index in [0.29, 0.717) is 5.56 Å². The lowest BCUT2D eigenvalue weighted by Crippen LogP contribution is -2.01. The molecule has 4 nitrogen and oxygen atoms in total. The molecule has 0 aliphatic heterocycles. The van der Waals surface area contributed by atoms with Crippen LogP contribution in [0.3, 0.4) is 0 Å². The zero-order valence-corrected chi connectivity index (χ0v) is 13.6. The van der Waals surface area contributed by atoms with Crippen molar-refractivity contribution in [1.82, 2.24) is 4.98 Å². The predicted octanol–water partition coefficient (Wildman–Crippen LogP) is 4.19. The molecule has 0 atom stereocenters. The number of nitrogens with zero attached hydrogens (tertiary/aromatic N) is 2. The minimum atomic E-state index is 0.238. The number of hydrogen-bond donors (Lipinski definition) is 1. The molecule has 0 amide bonds. The first-order valence-electron chi connectivity index (χ1n) is 7.54. The standard InChI is InChI=1S/C20H17N3O/c1-13-10-15(24-2)8-9-16(13)19-17(11-21)20(22)23-12-18(19)14-6-4-3-5-7-14/h3-10,12H,1-2H3,(H2,22,23). The Balaban J connectivity index is 2.34. The van der Waals surface area contributed by atoms with E-state index in [1.165, 1.54) is 0 Å². The number of benzene rings is 2. The molecule has 0 fully saturated rings. The molecule has 4 heteroatoms. The zero-order chi connectivity index (χ0) is 17.1. The Labute approximate surface area is 141 Å². The van der Waals surface area contributed by atoms with E-state index >= 15 is 0 Å². The highest BCUT2D eigenvalue weighted by Gasteiger charge is 2.18. The van der Waals surface area contributed by atoms with Gasteiger partial charge >= 0.3 is 0 Å². The molecule has 0 saturated heterocycles. The van der Waals surface area contributed by atoms with Crippen LogP contribution in [0.1, 0.15) is 11.1 Å². The van der Waals surface area contributed by atoms with Crippen molar-refractivity contribution in [2.24, 2.45) is 0 Å². The highest BCUT2D eigenvalue weighted by molar-refractivity contribution is 5.90. The van der Waals surface area contributed by atoms with Gasteiger partial charge < -0.3 is 10.5 Å². The SMILES string of the molecule is COc1ccc(-c2c(-c3ccccc3)cnc(N)c2C#N)c(C)c1. The van der Waals surface area contributed by atoms with Crippen LogP contribution in [0.15, 0.2) is 54.7 Å². The first-order chi connectivity index (χ1) is 11.7. The van der Waals surface area contributed by atoms with Gasteiger partial charge in [0.05, 0.1) is 7.11 Å². The first kappa shape index (κ1) is 15.6. The number of hydrogen-bond acceptors (Lipinski definition) is 4. The third kappa shape index (κ3) is 2.68. The van der Waals surface area contributed by atoms with Crippen molar-refractivity contribution in [1.29, 1.82) is 5.26 Å². The van der Waals surface area contributed by atoms with Crippen molar-refractivity contribution in [3.8, 4) is 34.1 Å². The number of nitrogens with two attached hydrogens (primary N) is 1. The van der Waals surface area contributed by atoms with Gasteiger partial charge in [-0.15, -0.1) is 0 Å². The van der Waals surface area contributed by atoms with Crippen LogP contribution < -0.4 is 10.5 Å². The van der Waals surface area contributed by atoms with Gasteiger partial charge in [-0.05, 0) is 35.7 Å². The maximum atomic E-state index is 9.63. The van der Waals surface area contributed by atoms with Gasteiger partial charge in [0.25, 0.3) is 0 Å². The second-order valence-electron chi connectivity index (χ2n) is 5.47. The van der Waals surface area contributed by atoms with Gasteiger partial charge in [0.2, 0.25) is 0 Å². The normalized spacial score (nSPS) is 10.2. The summed E-state index contributed by atoms with van der Waals surface area (Å²) < 4.78 is 5.28. The minimum Gasteiger partial charge on any atom is -0.497 e. The van der Waals surface area contributed by atoms with Crippen LogP contribution in [0.2, 0.25) is 0 Å². The van der Waals surface area contributed by atoms with Crippen molar-refractivity contribution < 1.29 is 4.74 Å². The Hall–Kier alpha value is -3.32. The summed E-state index contributed by atoms with van der Waals surface area (Å²) in [4.78, 5) is 4.21. The molecule has 0 spiro atoms. The van der Waals surface area contributed by atoms with Crippen molar-refractivity contribution in [2.45, 2.75) is 6.92 Å². The summed E-state index contributed by atoms with van der Waals surface area (Å²) in [6.07, 6.45) is 1.73. The first-order valence-corrected chi connectivity index (χ1v) is 7.54. The molecule has 0 bridgehead atoms. The summed E-state index contributed by atoms with van der Waals surface area (Å²) in [5.74, 6) is 1.01. The molecule has 0 aliphatic carbocycles. The van der Waals surface area contributed by atoms with Gasteiger partial charge in [-0.25, -0.2) is 4.98 Å². The van der Waals surface area contributed by atoms with E-state index in [4.69, 9.17) is 10.5 Å². The van der Waals surface area contributed by atoms with Crippen molar-refractivity contribution in [2.75, 3.05) is 12.8 Å². The summed E-state index contributed by atoms with van der Waals surface area (Å²) in [5, 5.41) is 9.63. The molecule has 3 rings (SSSR count). The molecular weight excluding hydrogens is 298 g/mol. The summed E-state index contributed by atoms with van der Waals surface area (Å²) >= 11 is 0. The molecule has 2 N–H and O–H groups in total. The third-order valence-electron chi connectivity index (χ3n) is 4.01. The van der Waals surface area contributed by atoms with Gasteiger partial charge in [0.15, 0.2) is 0 Å². The topological polar surface area (TPSA) is 71.9 Å². The number of nitrogen functional groups attached to an aromatic ring is 1. The van der Waals surface area contributed by atoms with Crippen LogP contribution in [0, 0.1) is 18.3 Å². The Kier molecular flexibility index (Phi) is 4.17. The molecule has 0 unspecified atom stereocenters. The van der Waals surface area contributed by atoms with Gasteiger partial charge in [0.1, 0.15) is 23.2 Å². The van der Waals surface area contributed by atoms with Crippen LogP contribution in [0.5, 0.6) is 5.75 Å². The van der Waals surface area contributed by atoms with Crippen LogP contribution in [-0.4, -0.2) is 12.1 Å². The average molecular weight is 315 g/mol. The molecule has 24 heavy (non-hydrogen) atoms. The van der Waals surface area contributed by atoms with Gasteiger partial charge in [-0.1, -0.05) is 36.4 Å². The van der Waals surface area contributed by atoms with E-state index in [1.54, 1.807) is 13.3 Å². The summed E-state index contributed by atoms with van der Waals surface area (Å²) in [6, 6.07) is 17.9. The second-order valence-corrected chi connectivity index (χ2v) is 5.47. The highest BCUT2D eigenvalue weighted by atomic mass is 16.5. The third-order valence-corrected chi connectivity index (χ3v) is 4.01. The van der Waals surface area contributed by atoms with Gasteiger partial charge in [-0.3, -0.25) is 0 Å². The van der Waals surface area contributed by atoms with E-state index in [-0.39, 0.29) is 5.82 Å². The van der Waals surface area contributed by atoms with Crippen molar-refractivity contribution >= 4 is 5.82 Å². The molecule has 1 aromatic heterocycles. The summed E-state index contributed by atoms with van der Waals surface area (Å²) in [7, 11) is 1.63. The number of rotatable bonds is 3. The molecule has 0 saturated carbocycles. The quantitative estimate of drug-likeness (QED) is 0.786. The predicted molar refractivity (Wildman–Crippen MR) is 95.5 cm³/mol. The van der Waals surface area contributed by atoms with Crippen LogP contribution in [-0.2, 0) is 0 Å². The monoisotopic (exact) mass is 315 g/mol. The summed E-state index contributed by atoms with van der Waals surface area (Å²) in [6.45, 7) is 1.99. The number of ether oxygens (including phenoxy) is 1. The molecule has 1 heterocycles. The molecule has 118 valence electrons. The lowest BCUT2D eigenvalue weighted by Gasteiger charge is -2.15. The fraction of sp³-hybridized carbons (Fsp3) is 0.100. The maximum absolute atomic E-state index is 9.63. The fourth-order valence-electron chi connectivity index (χ4n) is 2.80. The summed E-state index contributed by atoms with van der Waals surface area (Å²) in [5.41, 5.74) is 11.0. The van der Waals surface area contributed by atoms with Crippen molar-refractivity contribution in [3.63, 3.8) is 0 Å². The lowest BCUT2D eigenvalue weighted by molar-refractivity contribution is 0.414. The molecular formula is C20H17N3O. The van der Waals surface area contributed by atoms with E-state index < -0.39 is 0 Å². The van der Waals surface area contributed by atoms with Gasteiger partial charge in [0, 0.05) is 17.3 Å². The number of aromatic nitrogens is 1. The highest BCUT2D eigenvalue weighted by Crippen LogP contribution is 2.38. The number of pyridine rings is 1. The maximum Gasteiger partial charge on any atom is 0.141 e. The number of anilines is 1. The van der Waals surface area contributed by atoms with E-state index in [1.807, 2.05) is 55.5 Å². The smallest absolute Gasteiger partial charge is 0.141 e. The number of aryl methyl sites for hydroxylation is 1. The largest absolute Gasteiger partial charge is 0.497 e. The number of nitriles is 1. The molecule has 2 aromatic carbocycles. The Morgan fingerprint density at radius 3 is 2.46 bits per heavy atom. The zero-order valence-electron chi connectivity index (χ0n) is 13.6. The Morgan fingerprint density at radius 1 is 1.08 bits per heavy atom. The molecule has 0 radical (unpaired) electrons. The lowest BCUT2D eigenvalue weighted by atomic mass is 9.90. The van der Waals surface area contributed by atoms with Crippen LogP contribution >= 0.6 is 0 Å². The number of methoxy groups -OCH3 is 1. The van der Waals surface area contributed by atoms with E-state index in [9.17, 15) is 5.26 Å². The fourth-order valence-corrected chi connectivity index (χ4v) is 2.80. The average Bonchev–Trinajstić information content (AvgIpc) is 2.62. The second kappa shape index (κ2) is 6.43. The van der Waals surface area contributed by atoms with Gasteiger partial charge in [-0.2, -0.15) is 5.26 Å². The minimum absolute atomic E-state index is 0.238. The Morgan fingerprint density at radius 2 is 1.83 bits per heavy atom.